The fourth-order valence-electron chi connectivity index (χ4n) is 2.38. The van der Waals surface area contributed by atoms with Crippen molar-refractivity contribution in [3.05, 3.63) is 35.9 Å². The molecule has 1 aromatic rings. The third-order valence-electron chi connectivity index (χ3n) is 4.00. The molecule has 1 unspecified atom stereocenters. The molecule has 0 spiro atoms. The molecule has 1 heterocycles. The van der Waals surface area contributed by atoms with Gasteiger partial charge in [-0.25, -0.2) is 8.42 Å². The van der Waals surface area contributed by atoms with Gasteiger partial charge in [-0.3, -0.25) is 9.59 Å². The van der Waals surface area contributed by atoms with Crippen molar-refractivity contribution >= 4 is 21.7 Å². The normalized spacial score (nSPS) is 20.0. The van der Waals surface area contributed by atoms with E-state index in [-0.39, 0.29) is 17.4 Å². The maximum absolute atomic E-state index is 12.3. The van der Waals surface area contributed by atoms with Crippen molar-refractivity contribution in [2.24, 2.45) is 5.41 Å². The molecular formula is C16H22N2O4S. The molecule has 1 fully saturated rings. The number of benzene rings is 1. The first-order chi connectivity index (χ1) is 10.7. The Morgan fingerprint density at radius 1 is 1.17 bits per heavy atom. The van der Waals surface area contributed by atoms with E-state index < -0.39 is 27.2 Å². The van der Waals surface area contributed by atoms with Crippen molar-refractivity contribution < 1.29 is 18.0 Å². The molecule has 1 atom stereocenters. The molecule has 23 heavy (non-hydrogen) atoms. The van der Waals surface area contributed by atoms with Gasteiger partial charge in [0, 0.05) is 12.6 Å². The average molecular weight is 338 g/mol. The van der Waals surface area contributed by atoms with Gasteiger partial charge in [0.2, 0.25) is 11.8 Å². The number of hydrogen-bond donors (Lipinski definition) is 2. The number of carbonyl (C=O) groups excluding carboxylic acids is 2. The predicted molar refractivity (Wildman–Crippen MR) is 87.3 cm³/mol. The van der Waals surface area contributed by atoms with Crippen molar-refractivity contribution in [3.8, 4) is 0 Å². The third-order valence-corrected chi connectivity index (χ3v) is 5.77. The maximum Gasteiger partial charge on any atom is 0.235 e. The Labute approximate surface area is 136 Å². The Morgan fingerprint density at radius 2 is 1.83 bits per heavy atom. The van der Waals surface area contributed by atoms with Crippen LogP contribution in [0.5, 0.6) is 0 Å². The fourth-order valence-corrected chi connectivity index (χ4v) is 4.05. The zero-order chi connectivity index (χ0) is 17.1. The van der Waals surface area contributed by atoms with Crippen LogP contribution in [0.25, 0.3) is 0 Å². The van der Waals surface area contributed by atoms with Gasteiger partial charge in [-0.15, -0.1) is 0 Å². The van der Waals surface area contributed by atoms with Crippen molar-refractivity contribution in [1.29, 1.82) is 0 Å². The first-order valence-electron chi connectivity index (χ1n) is 7.54. The number of hydrogen-bond acceptors (Lipinski definition) is 4. The summed E-state index contributed by atoms with van der Waals surface area (Å²) in [5.74, 6) is -0.816. The highest BCUT2D eigenvalue weighted by atomic mass is 32.2. The zero-order valence-corrected chi connectivity index (χ0v) is 14.2. The van der Waals surface area contributed by atoms with Crippen LogP contribution in [0.2, 0.25) is 0 Å². The van der Waals surface area contributed by atoms with Gasteiger partial charge in [0.15, 0.2) is 9.84 Å². The smallest absolute Gasteiger partial charge is 0.235 e. The second-order valence-corrected chi connectivity index (χ2v) is 8.60. The van der Waals surface area contributed by atoms with Crippen LogP contribution >= 0.6 is 0 Å². The van der Waals surface area contributed by atoms with Crippen LogP contribution in [0.4, 0.5) is 0 Å². The van der Waals surface area contributed by atoms with Gasteiger partial charge in [0.1, 0.15) is 5.41 Å². The lowest BCUT2D eigenvalue weighted by Crippen LogP contribution is -2.50. The number of nitrogens with one attached hydrogen (secondary N) is 2. The summed E-state index contributed by atoms with van der Waals surface area (Å²) in [6, 6.07) is 9.00. The van der Waals surface area contributed by atoms with Crippen LogP contribution in [0, 0.1) is 5.41 Å². The quantitative estimate of drug-likeness (QED) is 0.770. The molecule has 1 saturated heterocycles. The molecule has 1 aliphatic rings. The molecule has 0 bridgehead atoms. The van der Waals surface area contributed by atoms with E-state index in [1.54, 1.807) is 0 Å². The van der Waals surface area contributed by atoms with Crippen LogP contribution < -0.4 is 10.6 Å². The lowest BCUT2D eigenvalue weighted by molar-refractivity contribution is -0.141. The first-order valence-corrected chi connectivity index (χ1v) is 9.36. The molecule has 7 heteroatoms. The molecular weight excluding hydrogens is 316 g/mol. The number of sulfone groups is 1. The van der Waals surface area contributed by atoms with Gasteiger partial charge in [0.25, 0.3) is 0 Å². The fraction of sp³-hybridized carbons (Fsp3) is 0.500. The van der Waals surface area contributed by atoms with Crippen LogP contribution in [0.3, 0.4) is 0 Å². The Morgan fingerprint density at radius 3 is 2.39 bits per heavy atom. The molecule has 1 aromatic carbocycles. The summed E-state index contributed by atoms with van der Waals surface area (Å²) in [4.78, 5) is 24.6. The topological polar surface area (TPSA) is 92.3 Å². The van der Waals surface area contributed by atoms with Crippen molar-refractivity contribution in [2.75, 3.05) is 11.5 Å². The Bertz CT molecular complexity index is 683. The lowest BCUT2D eigenvalue weighted by Gasteiger charge is -2.24. The Kier molecular flexibility index (Phi) is 5.09. The number of amides is 2. The van der Waals surface area contributed by atoms with E-state index in [1.807, 2.05) is 30.3 Å². The van der Waals surface area contributed by atoms with E-state index in [0.29, 0.717) is 13.0 Å². The van der Waals surface area contributed by atoms with Gasteiger partial charge < -0.3 is 10.6 Å². The van der Waals surface area contributed by atoms with Crippen LogP contribution in [-0.2, 0) is 26.0 Å². The van der Waals surface area contributed by atoms with Gasteiger partial charge in [-0.05, 0) is 25.8 Å². The molecule has 0 saturated carbocycles. The highest BCUT2D eigenvalue weighted by Gasteiger charge is 2.38. The van der Waals surface area contributed by atoms with Crippen LogP contribution in [0.1, 0.15) is 25.8 Å². The van der Waals surface area contributed by atoms with E-state index in [9.17, 15) is 18.0 Å². The second kappa shape index (κ2) is 6.70. The molecule has 6 nitrogen and oxygen atoms in total. The molecule has 2 N–H and O–H groups in total. The highest BCUT2D eigenvalue weighted by molar-refractivity contribution is 7.91. The van der Waals surface area contributed by atoms with Gasteiger partial charge >= 0.3 is 0 Å². The van der Waals surface area contributed by atoms with Crippen LogP contribution in [0.15, 0.2) is 30.3 Å². The van der Waals surface area contributed by atoms with Gasteiger partial charge in [-0.2, -0.15) is 0 Å². The Balaban J connectivity index is 1.91. The van der Waals surface area contributed by atoms with Gasteiger partial charge in [-0.1, -0.05) is 30.3 Å². The molecule has 2 amide bonds. The highest BCUT2D eigenvalue weighted by Crippen LogP contribution is 2.18. The minimum absolute atomic E-state index is 0.0551. The largest absolute Gasteiger partial charge is 0.351 e. The van der Waals surface area contributed by atoms with Crippen LogP contribution in [-0.4, -0.2) is 37.8 Å². The lowest BCUT2D eigenvalue weighted by atomic mass is 9.90. The molecule has 126 valence electrons. The molecule has 1 aliphatic heterocycles. The van der Waals surface area contributed by atoms with E-state index in [1.165, 1.54) is 13.8 Å². The number of carbonyl (C=O) groups is 2. The predicted octanol–water partition coefficient (Wildman–Crippen LogP) is 0.632. The second-order valence-electron chi connectivity index (χ2n) is 6.37. The SMILES string of the molecule is CC(C)(C(=O)NCc1ccccc1)C(=O)NC1CCS(=O)(=O)C1. The van der Waals surface area contributed by atoms with Gasteiger partial charge in [0.05, 0.1) is 11.5 Å². The minimum atomic E-state index is -3.07. The Hall–Kier alpha value is -1.89. The molecule has 0 radical (unpaired) electrons. The summed E-state index contributed by atoms with van der Waals surface area (Å²) in [6.07, 6.45) is 0.399. The van der Waals surface area contributed by atoms with E-state index in [0.717, 1.165) is 5.56 Å². The summed E-state index contributed by atoms with van der Waals surface area (Å²) < 4.78 is 22.9. The van der Waals surface area contributed by atoms with Crippen molar-refractivity contribution in [1.82, 2.24) is 10.6 Å². The number of rotatable bonds is 5. The third kappa shape index (κ3) is 4.54. The summed E-state index contributed by atoms with van der Waals surface area (Å²) in [5, 5.41) is 5.42. The minimum Gasteiger partial charge on any atom is -0.351 e. The molecule has 0 aromatic heterocycles. The first kappa shape index (κ1) is 17.5. The van der Waals surface area contributed by atoms with E-state index >= 15 is 0 Å². The summed E-state index contributed by atoms with van der Waals surface area (Å²) in [5.41, 5.74) is -0.319. The average Bonchev–Trinajstić information content (AvgIpc) is 2.84. The summed E-state index contributed by atoms with van der Waals surface area (Å²) in [7, 11) is -3.07. The zero-order valence-electron chi connectivity index (χ0n) is 13.3. The standard InChI is InChI=1S/C16H22N2O4S/c1-16(2,14(19)17-10-12-6-4-3-5-7-12)15(20)18-13-8-9-23(21,22)11-13/h3-7,13H,8-11H2,1-2H3,(H,17,19)(H,18,20). The molecule has 2 rings (SSSR count). The van der Waals surface area contributed by atoms with Crippen molar-refractivity contribution in [2.45, 2.75) is 32.9 Å². The summed E-state index contributed by atoms with van der Waals surface area (Å²) in [6.45, 7) is 3.41. The van der Waals surface area contributed by atoms with E-state index in [4.69, 9.17) is 0 Å². The van der Waals surface area contributed by atoms with E-state index in [2.05, 4.69) is 10.6 Å². The molecule has 0 aliphatic carbocycles. The monoisotopic (exact) mass is 338 g/mol. The van der Waals surface area contributed by atoms with Crippen molar-refractivity contribution in [3.63, 3.8) is 0 Å². The summed E-state index contributed by atoms with van der Waals surface area (Å²) >= 11 is 0. The maximum atomic E-state index is 12.3.